The van der Waals surface area contributed by atoms with Crippen LogP contribution in [0.2, 0.25) is 0 Å². The average molecular weight is 474 g/mol. The number of rotatable bonds is 10. The molecule has 8 nitrogen and oxygen atoms in total. The molecule has 2 aliphatic rings. The van der Waals surface area contributed by atoms with E-state index in [1.165, 1.54) is 0 Å². The maximum atomic E-state index is 13.1. The van der Waals surface area contributed by atoms with Gasteiger partial charge in [-0.3, -0.25) is 9.63 Å². The molecule has 1 amide bonds. The third-order valence-electron chi connectivity index (χ3n) is 6.11. The summed E-state index contributed by atoms with van der Waals surface area (Å²) >= 11 is 0. The highest BCUT2D eigenvalue weighted by Crippen LogP contribution is 2.34. The summed E-state index contributed by atoms with van der Waals surface area (Å²) in [4.78, 5) is 19.1. The minimum absolute atomic E-state index is 0.0796. The number of hydroxylamine groups is 2. The number of carbonyl (C=O) groups is 1. The second-order valence-electron chi connectivity index (χ2n) is 8.45. The molecule has 2 aromatic carbocycles. The monoisotopic (exact) mass is 473 g/mol. The number of benzene rings is 2. The van der Waals surface area contributed by atoms with Gasteiger partial charge in [0.25, 0.3) is 0 Å². The van der Waals surface area contributed by atoms with Crippen LogP contribution in [0.3, 0.4) is 0 Å². The van der Waals surface area contributed by atoms with Crippen LogP contribution in [0.1, 0.15) is 36.4 Å². The van der Waals surface area contributed by atoms with Crippen molar-refractivity contribution in [3.63, 3.8) is 0 Å². The molecule has 1 N–H and O–H groups in total. The van der Waals surface area contributed by atoms with Gasteiger partial charge in [0, 0.05) is 33.1 Å². The fourth-order valence-electron chi connectivity index (χ4n) is 4.34. The van der Waals surface area contributed by atoms with Crippen LogP contribution >= 0.6 is 0 Å². The maximum absolute atomic E-state index is 13.1. The van der Waals surface area contributed by atoms with Gasteiger partial charge in [-0.15, -0.1) is 0 Å². The molecule has 0 unspecified atom stereocenters. The van der Waals surface area contributed by atoms with E-state index in [2.05, 4.69) is 4.72 Å². The molecule has 4 rings (SSSR count). The Morgan fingerprint density at radius 1 is 1.15 bits per heavy atom. The Hall–Kier alpha value is -2.46. The summed E-state index contributed by atoms with van der Waals surface area (Å²) in [5, 5.41) is 0.851. The average Bonchev–Trinajstić information content (AvgIpc) is 3.42. The molecule has 0 aromatic heterocycles. The minimum Gasteiger partial charge on any atom is -0.489 e. The second-order valence-corrected chi connectivity index (χ2v) is 10.4. The van der Waals surface area contributed by atoms with Crippen LogP contribution in [0, 0.1) is 0 Å². The van der Waals surface area contributed by atoms with E-state index in [9.17, 15) is 13.2 Å². The van der Waals surface area contributed by atoms with Crippen LogP contribution in [0.25, 0.3) is 0 Å². The van der Waals surface area contributed by atoms with E-state index in [-0.39, 0.29) is 12.5 Å². The molecule has 33 heavy (non-hydrogen) atoms. The molecule has 2 fully saturated rings. The van der Waals surface area contributed by atoms with Crippen LogP contribution in [0.15, 0.2) is 54.6 Å². The lowest BCUT2D eigenvalue weighted by Crippen LogP contribution is -2.40. The Morgan fingerprint density at radius 3 is 2.73 bits per heavy atom. The zero-order valence-corrected chi connectivity index (χ0v) is 19.7. The highest BCUT2D eigenvalue weighted by Gasteiger charge is 2.43. The van der Waals surface area contributed by atoms with Crippen molar-refractivity contribution in [2.45, 2.75) is 37.2 Å². The number of hydrogen-bond acceptors (Lipinski definition) is 6. The number of nitrogens with zero attached hydrogens (tertiary/aromatic N) is 2. The highest BCUT2D eigenvalue weighted by molar-refractivity contribution is 7.90. The van der Waals surface area contributed by atoms with Crippen LogP contribution in [0.5, 0.6) is 5.75 Å². The second kappa shape index (κ2) is 10.6. The Kier molecular flexibility index (Phi) is 7.64. The van der Waals surface area contributed by atoms with Crippen molar-refractivity contribution in [2.24, 2.45) is 0 Å². The van der Waals surface area contributed by atoms with Gasteiger partial charge in [0.15, 0.2) is 0 Å². The van der Waals surface area contributed by atoms with Gasteiger partial charge in [-0.1, -0.05) is 42.5 Å². The maximum Gasteiger partial charge on any atom is 0.222 e. The fraction of sp³-hybridized carbons (Fsp3) is 0.458. The van der Waals surface area contributed by atoms with Crippen molar-refractivity contribution in [1.82, 2.24) is 14.7 Å². The highest BCUT2D eigenvalue weighted by atomic mass is 32.2. The molecule has 0 aliphatic carbocycles. The number of amides is 1. The lowest BCUT2D eigenvalue weighted by atomic mass is 10.0. The molecule has 2 saturated heterocycles. The largest absolute Gasteiger partial charge is 0.489 e. The van der Waals surface area contributed by atoms with E-state index in [0.29, 0.717) is 38.3 Å². The molecule has 178 valence electrons. The van der Waals surface area contributed by atoms with Gasteiger partial charge >= 0.3 is 0 Å². The molecule has 2 aromatic rings. The molecule has 2 aliphatic heterocycles. The van der Waals surface area contributed by atoms with E-state index in [1.807, 2.05) is 54.6 Å². The first-order chi connectivity index (χ1) is 15.9. The standard InChI is InChI=1S/C24H31N3O5S/c1-26-24(20-10-5-11-21(16-20)31-17-19-8-3-2-4-9-19)22(18-32-26)33(29,30)25-13-7-15-27-14-6-12-23(27)28/h2-5,8-11,16,22,24-25H,6-7,12-15,17-18H2,1H3/t22-,24-/m0/s1. The number of ether oxygens (including phenoxy) is 1. The third kappa shape index (κ3) is 5.92. The molecule has 0 bridgehead atoms. The zero-order valence-electron chi connectivity index (χ0n) is 18.9. The quantitative estimate of drug-likeness (QED) is 0.534. The third-order valence-corrected chi connectivity index (χ3v) is 7.91. The van der Waals surface area contributed by atoms with Gasteiger partial charge in [-0.2, -0.15) is 5.06 Å². The van der Waals surface area contributed by atoms with Gasteiger partial charge in [0.1, 0.15) is 17.6 Å². The smallest absolute Gasteiger partial charge is 0.222 e. The van der Waals surface area contributed by atoms with Gasteiger partial charge < -0.3 is 9.64 Å². The van der Waals surface area contributed by atoms with Crippen molar-refractivity contribution >= 4 is 15.9 Å². The van der Waals surface area contributed by atoms with E-state index < -0.39 is 21.3 Å². The van der Waals surface area contributed by atoms with E-state index >= 15 is 0 Å². The lowest BCUT2D eigenvalue weighted by molar-refractivity contribution is -0.127. The summed E-state index contributed by atoms with van der Waals surface area (Å²) < 4.78 is 34.8. The topological polar surface area (TPSA) is 88.2 Å². The first-order valence-electron chi connectivity index (χ1n) is 11.3. The molecule has 2 heterocycles. The van der Waals surface area contributed by atoms with Crippen molar-refractivity contribution in [2.75, 3.05) is 33.3 Å². The predicted molar refractivity (Wildman–Crippen MR) is 125 cm³/mol. The van der Waals surface area contributed by atoms with Gasteiger partial charge in [-0.25, -0.2) is 13.1 Å². The van der Waals surface area contributed by atoms with E-state index in [0.717, 1.165) is 24.1 Å². The molecular formula is C24H31N3O5S. The van der Waals surface area contributed by atoms with Crippen LogP contribution in [-0.2, 0) is 26.3 Å². The van der Waals surface area contributed by atoms with E-state index in [1.54, 1.807) is 17.0 Å². The fourth-order valence-corrected chi connectivity index (χ4v) is 5.89. The zero-order chi connectivity index (χ0) is 23.3. The first kappa shape index (κ1) is 23.7. The van der Waals surface area contributed by atoms with Crippen molar-refractivity contribution in [1.29, 1.82) is 0 Å². The van der Waals surface area contributed by atoms with Crippen LogP contribution in [-0.4, -0.2) is 62.8 Å². The molecule has 0 spiro atoms. The molecular weight excluding hydrogens is 442 g/mol. The number of sulfonamides is 1. The van der Waals surface area contributed by atoms with Gasteiger partial charge in [0.05, 0.1) is 12.6 Å². The Bertz CT molecular complexity index is 1050. The predicted octanol–water partition coefficient (Wildman–Crippen LogP) is 2.48. The summed E-state index contributed by atoms with van der Waals surface area (Å²) in [6.45, 7) is 2.14. The van der Waals surface area contributed by atoms with Crippen molar-refractivity contribution in [3.05, 3.63) is 65.7 Å². The van der Waals surface area contributed by atoms with E-state index in [4.69, 9.17) is 9.57 Å². The summed E-state index contributed by atoms with van der Waals surface area (Å²) in [6.07, 6.45) is 2.06. The molecule has 2 atom stereocenters. The molecule has 0 radical (unpaired) electrons. The summed E-state index contributed by atoms with van der Waals surface area (Å²) in [7, 11) is -1.88. The lowest BCUT2D eigenvalue weighted by Gasteiger charge is -2.24. The minimum atomic E-state index is -3.63. The summed E-state index contributed by atoms with van der Waals surface area (Å²) in [5.74, 6) is 0.828. The van der Waals surface area contributed by atoms with Crippen LogP contribution in [0.4, 0.5) is 0 Å². The normalized spacial score (nSPS) is 21.6. The van der Waals surface area contributed by atoms with Crippen molar-refractivity contribution in [3.8, 4) is 5.75 Å². The number of likely N-dealkylation sites (tertiary alicyclic amines) is 1. The Balaban J connectivity index is 1.38. The summed E-state index contributed by atoms with van der Waals surface area (Å²) in [6, 6.07) is 16.9. The Morgan fingerprint density at radius 2 is 1.97 bits per heavy atom. The number of hydrogen-bond donors (Lipinski definition) is 1. The van der Waals surface area contributed by atoms with Crippen LogP contribution < -0.4 is 9.46 Å². The molecule has 9 heteroatoms. The Labute approximate surface area is 195 Å². The number of carbonyl (C=O) groups excluding carboxylic acids is 1. The van der Waals surface area contributed by atoms with Gasteiger partial charge in [0.2, 0.25) is 15.9 Å². The molecule has 0 saturated carbocycles. The van der Waals surface area contributed by atoms with Crippen molar-refractivity contribution < 1.29 is 22.8 Å². The van der Waals surface area contributed by atoms with Gasteiger partial charge in [-0.05, 0) is 36.1 Å². The summed E-state index contributed by atoms with van der Waals surface area (Å²) in [5.41, 5.74) is 1.88. The number of nitrogens with one attached hydrogen (secondary N) is 1. The first-order valence-corrected chi connectivity index (χ1v) is 12.9. The SMILES string of the molecule is CN1OC[C@H](S(=O)(=O)NCCCN2CCCC2=O)[C@@H]1c1cccc(OCc2ccccc2)c1.